The van der Waals surface area contributed by atoms with Crippen LogP contribution in [0.2, 0.25) is 0 Å². The van der Waals surface area contributed by atoms with E-state index < -0.39 is 23.6 Å². The van der Waals surface area contributed by atoms with E-state index in [9.17, 15) is 22.8 Å². The molecule has 0 unspecified atom stereocenters. The van der Waals surface area contributed by atoms with Crippen LogP contribution in [0.15, 0.2) is 24.3 Å². The van der Waals surface area contributed by atoms with E-state index in [0.29, 0.717) is 0 Å². The van der Waals surface area contributed by atoms with Gasteiger partial charge in [-0.2, -0.15) is 13.2 Å². The number of rotatable bonds is 2. The third kappa shape index (κ3) is 4.47. The van der Waals surface area contributed by atoms with Gasteiger partial charge in [-0.15, -0.1) is 0 Å². The fourth-order valence-electron chi connectivity index (χ4n) is 2.46. The molecule has 120 valence electrons. The highest BCUT2D eigenvalue weighted by molar-refractivity contribution is 6.39. The van der Waals surface area contributed by atoms with Gasteiger partial charge in [-0.3, -0.25) is 9.59 Å². The van der Waals surface area contributed by atoms with Crippen LogP contribution < -0.4 is 10.6 Å². The van der Waals surface area contributed by atoms with Gasteiger partial charge in [0.2, 0.25) is 0 Å². The molecule has 0 atom stereocenters. The maximum Gasteiger partial charge on any atom is 0.416 e. The summed E-state index contributed by atoms with van der Waals surface area (Å²) in [5, 5.41) is 4.80. The molecular formula is C15H17F3N2O2. The van der Waals surface area contributed by atoms with Crippen LogP contribution in [-0.2, 0) is 15.8 Å². The minimum Gasteiger partial charge on any atom is -0.345 e. The molecule has 7 heteroatoms. The van der Waals surface area contributed by atoms with Crippen molar-refractivity contribution in [1.29, 1.82) is 0 Å². The molecule has 1 aromatic rings. The fourth-order valence-corrected chi connectivity index (χ4v) is 2.46. The van der Waals surface area contributed by atoms with E-state index in [4.69, 9.17) is 0 Å². The number of carbonyl (C=O) groups is 2. The largest absolute Gasteiger partial charge is 0.416 e. The Morgan fingerprint density at radius 2 is 1.73 bits per heavy atom. The summed E-state index contributed by atoms with van der Waals surface area (Å²) in [5.74, 6) is -1.77. The standard InChI is InChI=1S/C15H17F3N2O2/c16-15(17,18)10-5-4-8-12(9-10)20-14(22)13(21)19-11-6-2-1-3-7-11/h4-5,8-9,11H,1-3,6-7H2,(H,19,21)(H,20,22). The number of alkyl halides is 3. The maximum absolute atomic E-state index is 12.6. The molecule has 0 heterocycles. The van der Waals surface area contributed by atoms with Crippen molar-refractivity contribution in [3.05, 3.63) is 29.8 Å². The van der Waals surface area contributed by atoms with Gasteiger partial charge in [-0.05, 0) is 31.0 Å². The first-order valence-corrected chi connectivity index (χ1v) is 7.15. The zero-order valence-electron chi connectivity index (χ0n) is 11.9. The van der Waals surface area contributed by atoms with Gasteiger partial charge in [0.25, 0.3) is 0 Å². The maximum atomic E-state index is 12.6. The molecule has 1 aromatic carbocycles. The number of amides is 2. The summed E-state index contributed by atoms with van der Waals surface area (Å²) >= 11 is 0. The lowest BCUT2D eigenvalue weighted by Crippen LogP contribution is -2.42. The lowest BCUT2D eigenvalue weighted by Gasteiger charge is -2.22. The molecule has 0 saturated heterocycles. The first kappa shape index (κ1) is 16.3. The summed E-state index contributed by atoms with van der Waals surface area (Å²) in [6, 6.07) is 4.15. The molecule has 1 aliphatic carbocycles. The summed E-state index contributed by atoms with van der Waals surface area (Å²) in [6.45, 7) is 0. The van der Waals surface area contributed by atoms with Gasteiger partial charge < -0.3 is 10.6 Å². The molecule has 2 amide bonds. The monoisotopic (exact) mass is 314 g/mol. The lowest BCUT2D eigenvalue weighted by molar-refractivity contribution is -0.137. The van der Waals surface area contributed by atoms with E-state index in [2.05, 4.69) is 10.6 Å². The van der Waals surface area contributed by atoms with Gasteiger partial charge in [0.15, 0.2) is 0 Å². The minimum absolute atomic E-state index is 0.0338. The third-order valence-corrected chi connectivity index (χ3v) is 3.59. The Bertz CT molecular complexity index is 552. The molecule has 4 nitrogen and oxygen atoms in total. The normalized spacial score (nSPS) is 16.1. The molecular weight excluding hydrogens is 297 g/mol. The molecule has 0 radical (unpaired) electrons. The molecule has 0 spiro atoms. The Labute approximate surface area is 126 Å². The van der Waals surface area contributed by atoms with E-state index in [-0.39, 0.29) is 11.7 Å². The molecule has 2 rings (SSSR count). The molecule has 0 bridgehead atoms. The van der Waals surface area contributed by atoms with Crippen LogP contribution in [0, 0.1) is 0 Å². The minimum atomic E-state index is -4.49. The van der Waals surface area contributed by atoms with Crippen molar-refractivity contribution in [3.8, 4) is 0 Å². The van der Waals surface area contributed by atoms with Crippen LogP contribution in [0.1, 0.15) is 37.7 Å². The Morgan fingerprint density at radius 3 is 2.36 bits per heavy atom. The quantitative estimate of drug-likeness (QED) is 0.824. The molecule has 0 aromatic heterocycles. The first-order valence-electron chi connectivity index (χ1n) is 7.15. The molecule has 2 N–H and O–H groups in total. The van der Waals surface area contributed by atoms with E-state index in [0.717, 1.165) is 44.2 Å². The highest BCUT2D eigenvalue weighted by Gasteiger charge is 2.30. The van der Waals surface area contributed by atoms with Gasteiger partial charge in [0.1, 0.15) is 0 Å². The van der Waals surface area contributed by atoms with Crippen LogP contribution in [0.4, 0.5) is 18.9 Å². The van der Waals surface area contributed by atoms with Crippen LogP contribution in [0.5, 0.6) is 0 Å². The molecule has 1 fully saturated rings. The Hall–Kier alpha value is -2.05. The summed E-state index contributed by atoms with van der Waals surface area (Å²) in [5.41, 5.74) is -0.934. The number of hydrogen-bond donors (Lipinski definition) is 2. The second-order valence-corrected chi connectivity index (χ2v) is 5.34. The lowest BCUT2D eigenvalue weighted by atomic mass is 9.95. The average Bonchev–Trinajstić information content (AvgIpc) is 2.47. The zero-order valence-corrected chi connectivity index (χ0v) is 11.9. The predicted molar refractivity (Wildman–Crippen MR) is 75.1 cm³/mol. The Kier molecular flexibility index (Phi) is 5.05. The summed E-state index contributed by atoms with van der Waals surface area (Å²) in [7, 11) is 0. The summed E-state index contributed by atoms with van der Waals surface area (Å²) in [6.07, 6.45) is 0.263. The molecule has 1 aliphatic rings. The zero-order chi connectivity index (χ0) is 16.2. The number of hydrogen-bond acceptors (Lipinski definition) is 2. The SMILES string of the molecule is O=C(Nc1cccc(C(F)(F)F)c1)C(=O)NC1CCCCC1. The second kappa shape index (κ2) is 6.81. The second-order valence-electron chi connectivity index (χ2n) is 5.34. The van der Waals surface area contributed by atoms with Gasteiger partial charge in [0, 0.05) is 11.7 Å². The van der Waals surface area contributed by atoms with E-state index >= 15 is 0 Å². The number of anilines is 1. The Balaban J connectivity index is 1.95. The number of halogens is 3. The third-order valence-electron chi connectivity index (χ3n) is 3.59. The van der Waals surface area contributed by atoms with Crippen LogP contribution in [-0.4, -0.2) is 17.9 Å². The highest BCUT2D eigenvalue weighted by atomic mass is 19.4. The van der Waals surface area contributed by atoms with E-state index in [1.165, 1.54) is 12.1 Å². The van der Waals surface area contributed by atoms with Crippen LogP contribution in [0.25, 0.3) is 0 Å². The van der Waals surface area contributed by atoms with Crippen molar-refractivity contribution in [2.45, 2.75) is 44.3 Å². The molecule has 1 saturated carbocycles. The smallest absolute Gasteiger partial charge is 0.345 e. The van der Waals surface area contributed by atoms with Gasteiger partial charge in [0.05, 0.1) is 5.56 Å². The summed E-state index contributed by atoms with van der Waals surface area (Å²) < 4.78 is 37.7. The van der Waals surface area contributed by atoms with Crippen molar-refractivity contribution in [2.24, 2.45) is 0 Å². The van der Waals surface area contributed by atoms with E-state index in [1.54, 1.807) is 0 Å². The molecule has 22 heavy (non-hydrogen) atoms. The van der Waals surface area contributed by atoms with Crippen molar-refractivity contribution in [3.63, 3.8) is 0 Å². The fraction of sp³-hybridized carbons (Fsp3) is 0.467. The number of carbonyl (C=O) groups excluding carboxylic acids is 2. The first-order chi connectivity index (χ1) is 10.4. The average molecular weight is 314 g/mol. The Morgan fingerprint density at radius 1 is 1.05 bits per heavy atom. The van der Waals surface area contributed by atoms with Crippen molar-refractivity contribution in [1.82, 2.24) is 5.32 Å². The van der Waals surface area contributed by atoms with Gasteiger partial charge >= 0.3 is 18.0 Å². The van der Waals surface area contributed by atoms with Crippen LogP contribution >= 0.6 is 0 Å². The van der Waals surface area contributed by atoms with Crippen molar-refractivity contribution in [2.75, 3.05) is 5.32 Å². The number of benzene rings is 1. The summed E-state index contributed by atoms with van der Waals surface area (Å²) in [4.78, 5) is 23.5. The van der Waals surface area contributed by atoms with Gasteiger partial charge in [-0.25, -0.2) is 0 Å². The topological polar surface area (TPSA) is 58.2 Å². The van der Waals surface area contributed by atoms with Crippen LogP contribution in [0.3, 0.4) is 0 Å². The predicted octanol–water partition coefficient (Wildman–Crippen LogP) is 3.09. The molecule has 0 aliphatic heterocycles. The van der Waals surface area contributed by atoms with Crippen molar-refractivity contribution < 1.29 is 22.8 Å². The number of nitrogens with one attached hydrogen (secondary N) is 2. The van der Waals surface area contributed by atoms with Crippen molar-refractivity contribution >= 4 is 17.5 Å². The highest BCUT2D eigenvalue weighted by Crippen LogP contribution is 2.30. The van der Waals surface area contributed by atoms with E-state index in [1.807, 2.05) is 0 Å². The van der Waals surface area contributed by atoms with Gasteiger partial charge in [-0.1, -0.05) is 25.3 Å².